The number of hydrogen-bond acceptors (Lipinski definition) is 4. The van der Waals surface area contributed by atoms with E-state index in [0.717, 1.165) is 30.6 Å². The Morgan fingerprint density at radius 3 is 2.50 bits per heavy atom. The minimum atomic E-state index is -1.24. The van der Waals surface area contributed by atoms with Gasteiger partial charge in [0.05, 0.1) is 17.7 Å². The van der Waals surface area contributed by atoms with Gasteiger partial charge in [-0.15, -0.1) is 0 Å². The number of rotatable bonds is 7. The Morgan fingerprint density at radius 2 is 1.86 bits per heavy atom. The van der Waals surface area contributed by atoms with Crippen molar-refractivity contribution in [3.63, 3.8) is 0 Å². The molecule has 6 heteroatoms. The van der Waals surface area contributed by atoms with Crippen LogP contribution in [0.5, 0.6) is 11.5 Å². The first-order chi connectivity index (χ1) is 13.4. The molecule has 1 saturated carbocycles. The molecule has 0 saturated heterocycles. The molecule has 1 unspecified atom stereocenters. The molecule has 150 valence electrons. The van der Waals surface area contributed by atoms with Crippen molar-refractivity contribution >= 4 is 17.6 Å². The van der Waals surface area contributed by atoms with Crippen LogP contribution in [0.25, 0.3) is 0 Å². The number of para-hydroxylation sites is 1. The van der Waals surface area contributed by atoms with Gasteiger partial charge in [0.25, 0.3) is 0 Å². The summed E-state index contributed by atoms with van der Waals surface area (Å²) in [5.74, 6) is -0.867. The van der Waals surface area contributed by atoms with Crippen LogP contribution >= 0.6 is 11.6 Å². The highest BCUT2D eigenvalue weighted by atomic mass is 35.5. The van der Waals surface area contributed by atoms with Gasteiger partial charge in [-0.2, -0.15) is 0 Å². The number of carbonyl (C=O) groups is 1. The van der Waals surface area contributed by atoms with Crippen molar-refractivity contribution in [3.05, 3.63) is 58.6 Å². The van der Waals surface area contributed by atoms with E-state index in [9.17, 15) is 15.0 Å². The standard InChI is InChI=1S/C22H25ClO5/c1-27-18-8-4-3-7-16(18)14-28-19-10-9-15(13-17(19)23)20(21(24)25)22(26)11-5-2-6-12-22/h3-4,7-10,13,20,26H,2,5-6,11-12,14H2,1H3,(H,24,25). The third kappa shape index (κ3) is 4.42. The monoisotopic (exact) mass is 404 g/mol. The van der Waals surface area contributed by atoms with E-state index in [2.05, 4.69) is 0 Å². The van der Waals surface area contributed by atoms with E-state index in [1.807, 2.05) is 24.3 Å². The normalized spacial score (nSPS) is 17.0. The van der Waals surface area contributed by atoms with Crippen LogP contribution in [-0.2, 0) is 11.4 Å². The third-order valence-corrected chi connectivity index (χ3v) is 5.66. The summed E-state index contributed by atoms with van der Waals surface area (Å²) in [6, 6.07) is 12.5. The van der Waals surface area contributed by atoms with E-state index in [-0.39, 0.29) is 6.61 Å². The number of halogens is 1. The first-order valence-corrected chi connectivity index (χ1v) is 9.82. The van der Waals surface area contributed by atoms with Crippen LogP contribution in [0, 0.1) is 0 Å². The van der Waals surface area contributed by atoms with Crippen molar-refractivity contribution in [1.82, 2.24) is 0 Å². The fourth-order valence-electron chi connectivity index (χ4n) is 3.93. The molecule has 2 aromatic rings. The van der Waals surface area contributed by atoms with Gasteiger partial charge in [-0.1, -0.05) is 55.1 Å². The number of ether oxygens (including phenoxy) is 2. The summed E-state index contributed by atoms with van der Waals surface area (Å²) in [5, 5.41) is 21.0. The van der Waals surface area contributed by atoms with Gasteiger partial charge in [-0.3, -0.25) is 4.79 Å². The molecule has 28 heavy (non-hydrogen) atoms. The fraction of sp³-hybridized carbons (Fsp3) is 0.409. The molecule has 1 atom stereocenters. The van der Waals surface area contributed by atoms with E-state index in [4.69, 9.17) is 21.1 Å². The number of methoxy groups -OCH3 is 1. The fourth-order valence-corrected chi connectivity index (χ4v) is 4.17. The Morgan fingerprint density at radius 1 is 1.14 bits per heavy atom. The Balaban J connectivity index is 1.79. The maximum Gasteiger partial charge on any atom is 0.313 e. The van der Waals surface area contributed by atoms with Crippen molar-refractivity contribution in [2.75, 3.05) is 7.11 Å². The summed E-state index contributed by atoms with van der Waals surface area (Å²) < 4.78 is 11.1. The van der Waals surface area contributed by atoms with Crippen LogP contribution in [-0.4, -0.2) is 28.9 Å². The molecule has 1 fully saturated rings. The topological polar surface area (TPSA) is 76.0 Å². The van der Waals surface area contributed by atoms with E-state index < -0.39 is 17.5 Å². The van der Waals surface area contributed by atoms with Crippen LogP contribution in [0.4, 0.5) is 0 Å². The Labute approximate surface area is 169 Å². The van der Waals surface area contributed by atoms with Gasteiger partial charge in [-0.25, -0.2) is 0 Å². The number of carboxylic acids is 1. The molecule has 2 aromatic carbocycles. The SMILES string of the molecule is COc1ccccc1COc1ccc(C(C(=O)O)C2(O)CCCCC2)cc1Cl. The summed E-state index contributed by atoms with van der Waals surface area (Å²) in [6.07, 6.45) is 3.63. The predicted octanol–water partition coefficient (Wildman–Crippen LogP) is 4.79. The Bertz CT molecular complexity index is 829. The zero-order valence-electron chi connectivity index (χ0n) is 15.9. The minimum absolute atomic E-state index is 0.273. The van der Waals surface area contributed by atoms with Crippen molar-refractivity contribution in [1.29, 1.82) is 0 Å². The molecular formula is C22H25ClO5. The van der Waals surface area contributed by atoms with Gasteiger partial charge < -0.3 is 19.7 Å². The minimum Gasteiger partial charge on any atom is -0.496 e. The van der Waals surface area contributed by atoms with Crippen molar-refractivity contribution < 1.29 is 24.5 Å². The Hall–Kier alpha value is -2.24. The van der Waals surface area contributed by atoms with Crippen molar-refractivity contribution in [2.24, 2.45) is 0 Å². The quantitative estimate of drug-likeness (QED) is 0.693. The van der Waals surface area contributed by atoms with Crippen LogP contribution < -0.4 is 9.47 Å². The summed E-state index contributed by atoms with van der Waals surface area (Å²) in [7, 11) is 1.60. The van der Waals surface area contributed by atoms with Crippen molar-refractivity contribution in [2.45, 2.75) is 50.2 Å². The summed E-state index contributed by atoms with van der Waals surface area (Å²) in [6.45, 7) is 0.273. The van der Waals surface area contributed by atoms with E-state index in [1.165, 1.54) is 0 Å². The lowest BCUT2D eigenvalue weighted by Crippen LogP contribution is -2.42. The second-order valence-electron chi connectivity index (χ2n) is 7.23. The first kappa shape index (κ1) is 20.5. The van der Waals surface area contributed by atoms with Crippen LogP contribution in [0.15, 0.2) is 42.5 Å². The molecule has 0 amide bonds. The van der Waals surface area contributed by atoms with Gasteiger partial charge in [0, 0.05) is 5.56 Å². The maximum absolute atomic E-state index is 11.9. The molecule has 0 aromatic heterocycles. The molecule has 1 aliphatic rings. The molecule has 0 spiro atoms. The van der Waals surface area contributed by atoms with Crippen LogP contribution in [0.2, 0.25) is 5.02 Å². The molecule has 0 aliphatic heterocycles. The van der Waals surface area contributed by atoms with E-state index >= 15 is 0 Å². The zero-order valence-corrected chi connectivity index (χ0v) is 16.6. The lowest BCUT2D eigenvalue weighted by atomic mass is 9.73. The molecular weight excluding hydrogens is 380 g/mol. The highest BCUT2D eigenvalue weighted by molar-refractivity contribution is 6.32. The molecule has 3 rings (SSSR count). The number of aliphatic carboxylic acids is 1. The van der Waals surface area contributed by atoms with Crippen LogP contribution in [0.3, 0.4) is 0 Å². The smallest absolute Gasteiger partial charge is 0.313 e. The van der Waals surface area contributed by atoms with Crippen LogP contribution in [0.1, 0.15) is 49.1 Å². The van der Waals surface area contributed by atoms with Crippen molar-refractivity contribution in [3.8, 4) is 11.5 Å². The predicted molar refractivity (Wildman–Crippen MR) is 107 cm³/mol. The average molecular weight is 405 g/mol. The van der Waals surface area contributed by atoms with Gasteiger partial charge in [0.15, 0.2) is 0 Å². The summed E-state index contributed by atoms with van der Waals surface area (Å²) in [4.78, 5) is 11.9. The van der Waals surface area contributed by atoms with E-state index in [0.29, 0.717) is 29.2 Å². The summed E-state index contributed by atoms with van der Waals surface area (Å²) in [5.41, 5.74) is 0.129. The Kier molecular flexibility index (Phi) is 6.47. The molecule has 2 N–H and O–H groups in total. The lowest BCUT2D eigenvalue weighted by molar-refractivity contribution is -0.147. The second kappa shape index (κ2) is 8.84. The van der Waals surface area contributed by atoms with Gasteiger partial charge >= 0.3 is 5.97 Å². The maximum atomic E-state index is 11.9. The first-order valence-electron chi connectivity index (χ1n) is 9.44. The third-order valence-electron chi connectivity index (χ3n) is 5.37. The number of carboxylic acid groups (broad SMARTS) is 1. The molecule has 1 aliphatic carbocycles. The van der Waals surface area contributed by atoms with E-state index in [1.54, 1.807) is 25.3 Å². The molecule has 5 nitrogen and oxygen atoms in total. The molecule has 0 bridgehead atoms. The second-order valence-corrected chi connectivity index (χ2v) is 7.63. The molecule has 0 heterocycles. The molecule has 0 radical (unpaired) electrons. The number of hydrogen-bond donors (Lipinski definition) is 2. The average Bonchev–Trinajstić information content (AvgIpc) is 2.67. The van der Waals surface area contributed by atoms with Gasteiger partial charge in [0.1, 0.15) is 24.0 Å². The lowest BCUT2D eigenvalue weighted by Gasteiger charge is -2.37. The van der Waals surface area contributed by atoms with Gasteiger partial charge in [-0.05, 0) is 36.6 Å². The summed E-state index contributed by atoms with van der Waals surface area (Å²) >= 11 is 6.37. The zero-order chi connectivity index (χ0) is 20.1. The highest BCUT2D eigenvalue weighted by Crippen LogP contribution is 2.41. The highest BCUT2D eigenvalue weighted by Gasteiger charge is 2.43. The largest absolute Gasteiger partial charge is 0.496 e. The number of benzene rings is 2. The van der Waals surface area contributed by atoms with Gasteiger partial charge in [0.2, 0.25) is 0 Å². The number of aliphatic hydroxyl groups is 1.